The molecule has 3 aromatic rings. The second-order valence-corrected chi connectivity index (χ2v) is 9.15. The fourth-order valence-electron chi connectivity index (χ4n) is 4.29. The van der Waals surface area contributed by atoms with Gasteiger partial charge in [-0.15, -0.1) is 0 Å². The van der Waals surface area contributed by atoms with Gasteiger partial charge < -0.3 is 15.6 Å². The molecule has 1 aliphatic rings. The number of nitrogens with one attached hydrogen (secondary N) is 3. The number of carbonyl (C=O) groups is 2. The predicted molar refractivity (Wildman–Crippen MR) is 127 cm³/mol. The van der Waals surface area contributed by atoms with Crippen molar-refractivity contribution in [3.05, 3.63) is 75.9 Å². The van der Waals surface area contributed by atoms with Crippen LogP contribution < -0.4 is 10.6 Å². The second kappa shape index (κ2) is 9.87. The van der Waals surface area contributed by atoms with Gasteiger partial charge in [-0.2, -0.15) is 0 Å². The standard InChI is InChI=1S/C25H24BrF2N3O2/c26-20-13-16(3-6-21(20)28)4-8-23(32)31-25(10-1-2-11-25)24(33)29-12-9-17-15-30-22-7-5-18(27)14-19(17)22/h3-8,13-15,30H,1-2,9-12H2,(H,29,33)(H,31,32)/b8-4+. The van der Waals surface area contributed by atoms with Crippen LogP contribution in [-0.2, 0) is 16.0 Å². The first-order valence-electron chi connectivity index (χ1n) is 10.9. The summed E-state index contributed by atoms with van der Waals surface area (Å²) in [4.78, 5) is 28.7. The van der Waals surface area contributed by atoms with E-state index in [1.54, 1.807) is 24.3 Å². The van der Waals surface area contributed by atoms with E-state index >= 15 is 0 Å². The van der Waals surface area contributed by atoms with E-state index < -0.39 is 5.54 Å². The van der Waals surface area contributed by atoms with E-state index in [0.717, 1.165) is 29.3 Å². The lowest BCUT2D eigenvalue weighted by Crippen LogP contribution is -2.57. The molecule has 1 fully saturated rings. The molecular weight excluding hydrogens is 492 g/mol. The molecule has 5 nitrogen and oxygen atoms in total. The number of H-pyrrole nitrogens is 1. The normalized spacial score (nSPS) is 15.2. The van der Waals surface area contributed by atoms with E-state index in [4.69, 9.17) is 0 Å². The Bertz CT molecular complexity index is 1220. The Morgan fingerprint density at radius 3 is 2.67 bits per heavy atom. The van der Waals surface area contributed by atoms with Crippen molar-refractivity contribution >= 4 is 44.7 Å². The summed E-state index contributed by atoms with van der Waals surface area (Å²) in [6.45, 7) is 0.374. The third-order valence-electron chi connectivity index (χ3n) is 6.03. The average Bonchev–Trinajstić information content (AvgIpc) is 3.42. The maximum absolute atomic E-state index is 13.6. The summed E-state index contributed by atoms with van der Waals surface area (Å²) in [6, 6.07) is 9.03. The van der Waals surface area contributed by atoms with E-state index in [0.29, 0.717) is 35.8 Å². The number of hydrogen-bond acceptors (Lipinski definition) is 2. The first-order valence-corrected chi connectivity index (χ1v) is 11.6. The van der Waals surface area contributed by atoms with Crippen LogP contribution in [0.3, 0.4) is 0 Å². The molecule has 1 saturated carbocycles. The van der Waals surface area contributed by atoms with Crippen molar-refractivity contribution in [2.24, 2.45) is 0 Å². The molecule has 0 atom stereocenters. The third kappa shape index (κ3) is 5.33. The highest BCUT2D eigenvalue weighted by Crippen LogP contribution is 2.30. The molecule has 2 amide bonds. The van der Waals surface area contributed by atoms with Crippen molar-refractivity contribution in [1.82, 2.24) is 15.6 Å². The minimum atomic E-state index is -0.947. The minimum absolute atomic E-state index is 0.211. The summed E-state index contributed by atoms with van der Waals surface area (Å²) in [5, 5.41) is 6.63. The summed E-state index contributed by atoms with van der Waals surface area (Å²) in [5.74, 6) is -1.27. The molecule has 0 unspecified atom stereocenters. The van der Waals surface area contributed by atoms with E-state index in [-0.39, 0.29) is 23.4 Å². The summed E-state index contributed by atoms with van der Waals surface area (Å²) in [5.41, 5.74) is 1.48. The number of fused-ring (bicyclic) bond motifs is 1. The molecule has 0 bridgehead atoms. The minimum Gasteiger partial charge on any atom is -0.361 e. The van der Waals surface area contributed by atoms with Crippen LogP contribution in [0.1, 0.15) is 36.8 Å². The Labute approximate surface area is 198 Å². The molecule has 1 heterocycles. The van der Waals surface area contributed by atoms with Gasteiger partial charge in [0.15, 0.2) is 0 Å². The molecule has 172 valence electrons. The van der Waals surface area contributed by atoms with Crippen LogP contribution in [0, 0.1) is 11.6 Å². The van der Waals surface area contributed by atoms with Crippen molar-refractivity contribution in [3.63, 3.8) is 0 Å². The number of aromatic nitrogens is 1. The van der Waals surface area contributed by atoms with Gasteiger partial charge in [-0.1, -0.05) is 18.9 Å². The highest BCUT2D eigenvalue weighted by atomic mass is 79.9. The fourth-order valence-corrected chi connectivity index (χ4v) is 4.69. The van der Waals surface area contributed by atoms with Crippen LogP contribution in [-0.4, -0.2) is 28.9 Å². The van der Waals surface area contributed by atoms with Crippen molar-refractivity contribution in [1.29, 1.82) is 0 Å². The van der Waals surface area contributed by atoms with Crippen LogP contribution in [0.15, 0.2) is 53.1 Å². The van der Waals surface area contributed by atoms with Gasteiger partial charge in [0.1, 0.15) is 17.2 Å². The number of rotatable bonds is 7. The van der Waals surface area contributed by atoms with E-state index in [2.05, 4.69) is 31.5 Å². The Hall–Kier alpha value is -3.00. The van der Waals surface area contributed by atoms with Crippen molar-refractivity contribution in [2.45, 2.75) is 37.6 Å². The predicted octanol–water partition coefficient (Wildman–Crippen LogP) is 5.01. The largest absolute Gasteiger partial charge is 0.361 e. The van der Waals surface area contributed by atoms with Gasteiger partial charge in [0, 0.05) is 29.7 Å². The topological polar surface area (TPSA) is 74.0 Å². The van der Waals surface area contributed by atoms with Gasteiger partial charge in [-0.25, -0.2) is 8.78 Å². The molecule has 0 radical (unpaired) electrons. The lowest BCUT2D eigenvalue weighted by molar-refractivity contribution is -0.131. The lowest BCUT2D eigenvalue weighted by atomic mass is 9.96. The highest BCUT2D eigenvalue weighted by molar-refractivity contribution is 9.10. The molecule has 0 saturated heterocycles. The zero-order valence-corrected chi connectivity index (χ0v) is 19.5. The van der Waals surface area contributed by atoms with Gasteiger partial charge in [-0.05, 0) is 82.7 Å². The Morgan fingerprint density at radius 1 is 1.12 bits per heavy atom. The quantitative estimate of drug-likeness (QED) is 0.387. The zero-order chi connectivity index (χ0) is 23.4. The molecule has 0 spiro atoms. The van der Waals surface area contributed by atoms with Crippen LogP contribution in [0.4, 0.5) is 8.78 Å². The summed E-state index contributed by atoms with van der Waals surface area (Å²) in [7, 11) is 0. The van der Waals surface area contributed by atoms with Crippen LogP contribution in [0.25, 0.3) is 17.0 Å². The van der Waals surface area contributed by atoms with Gasteiger partial charge >= 0.3 is 0 Å². The van der Waals surface area contributed by atoms with Gasteiger partial charge in [0.25, 0.3) is 0 Å². The van der Waals surface area contributed by atoms with Gasteiger partial charge in [-0.3, -0.25) is 9.59 Å². The van der Waals surface area contributed by atoms with Crippen molar-refractivity contribution < 1.29 is 18.4 Å². The Balaban J connectivity index is 1.37. The molecule has 2 aromatic carbocycles. The Morgan fingerprint density at radius 2 is 1.91 bits per heavy atom. The molecule has 1 aliphatic carbocycles. The van der Waals surface area contributed by atoms with E-state index in [9.17, 15) is 18.4 Å². The smallest absolute Gasteiger partial charge is 0.245 e. The average molecular weight is 516 g/mol. The molecule has 8 heteroatoms. The fraction of sp³-hybridized carbons (Fsp3) is 0.280. The van der Waals surface area contributed by atoms with Crippen molar-refractivity contribution in [3.8, 4) is 0 Å². The lowest BCUT2D eigenvalue weighted by Gasteiger charge is -2.28. The summed E-state index contributed by atoms with van der Waals surface area (Å²) >= 11 is 3.12. The van der Waals surface area contributed by atoms with Crippen LogP contribution in [0.2, 0.25) is 0 Å². The SMILES string of the molecule is O=C(/C=C/c1ccc(F)c(Br)c1)NC1(C(=O)NCCc2c[nH]c3ccc(F)cc23)CCCC1. The molecule has 4 rings (SSSR count). The van der Waals surface area contributed by atoms with E-state index in [1.807, 2.05) is 6.20 Å². The van der Waals surface area contributed by atoms with Gasteiger partial charge in [0.05, 0.1) is 4.47 Å². The number of carbonyl (C=O) groups excluding carboxylic acids is 2. The summed E-state index contributed by atoms with van der Waals surface area (Å²) in [6.07, 6.45) is 8.13. The molecule has 1 aromatic heterocycles. The van der Waals surface area contributed by atoms with Gasteiger partial charge in [0.2, 0.25) is 11.8 Å². The molecule has 0 aliphatic heterocycles. The van der Waals surface area contributed by atoms with E-state index in [1.165, 1.54) is 24.3 Å². The third-order valence-corrected chi connectivity index (χ3v) is 6.64. The number of halogens is 3. The zero-order valence-electron chi connectivity index (χ0n) is 17.9. The molecule has 33 heavy (non-hydrogen) atoms. The monoisotopic (exact) mass is 515 g/mol. The summed E-state index contributed by atoms with van der Waals surface area (Å²) < 4.78 is 27.3. The highest BCUT2D eigenvalue weighted by Gasteiger charge is 2.41. The Kier molecular flexibility index (Phi) is 6.93. The maximum atomic E-state index is 13.6. The second-order valence-electron chi connectivity index (χ2n) is 8.30. The first-order chi connectivity index (χ1) is 15.9. The molecular formula is C25H24BrF2N3O2. The van der Waals surface area contributed by atoms with Crippen molar-refractivity contribution in [2.75, 3.05) is 6.54 Å². The maximum Gasteiger partial charge on any atom is 0.245 e. The van der Waals surface area contributed by atoms with Crippen LogP contribution >= 0.6 is 15.9 Å². The number of benzene rings is 2. The first kappa shape index (κ1) is 23.2. The van der Waals surface area contributed by atoms with Crippen LogP contribution in [0.5, 0.6) is 0 Å². The number of hydrogen-bond donors (Lipinski definition) is 3. The number of aromatic amines is 1. The molecule has 3 N–H and O–H groups in total. The number of amides is 2.